The SMILES string of the molecule is CC=C(C(=O)c1ccc(Cl)cc1Cl)n1cc(C)nc1C. The molecule has 0 saturated heterocycles. The fraction of sp³-hybridized carbons (Fsp3) is 0.200. The van der Waals surface area contributed by atoms with Gasteiger partial charge in [0.25, 0.3) is 0 Å². The van der Waals surface area contributed by atoms with Gasteiger partial charge in [-0.1, -0.05) is 29.3 Å². The minimum Gasteiger partial charge on any atom is -0.300 e. The number of halogens is 2. The summed E-state index contributed by atoms with van der Waals surface area (Å²) < 4.78 is 1.77. The Morgan fingerprint density at radius 2 is 2.00 bits per heavy atom. The zero-order chi connectivity index (χ0) is 14.9. The molecule has 104 valence electrons. The molecule has 0 aliphatic heterocycles. The van der Waals surface area contributed by atoms with Crippen molar-refractivity contribution in [2.24, 2.45) is 0 Å². The molecule has 5 heteroatoms. The molecule has 0 radical (unpaired) electrons. The number of hydrogen-bond donors (Lipinski definition) is 0. The fourth-order valence-corrected chi connectivity index (χ4v) is 2.55. The molecule has 0 fully saturated rings. The van der Waals surface area contributed by atoms with E-state index in [1.54, 1.807) is 28.8 Å². The third-order valence-corrected chi connectivity index (χ3v) is 3.49. The summed E-state index contributed by atoms with van der Waals surface area (Å²) >= 11 is 12.0. The average Bonchev–Trinajstić information content (AvgIpc) is 2.69. The second-order valence-electron chi connectivity index (χ2n) is 4.43. The first kappa shape index (κ1) is 14.8. The fourth-order valence-electron chi connectivity index (χ4n) is 2.05. The number of aryl methyl sites for hydroxylation is 2. The van der Waals surface area contributed by atoms with Crippen molar-refractivity contribution in [3.8, 4) is 0 Å². The molecule has 0 saturated carbocycles. The second kappa shape index (κ2) is 5.81. The van der Waals surface area contributed by atoms with Gasteiger partial charge in [0.15, 0.2) is 0 Å². The molecule has 0 N–H and O–H groups in total. The van der Waals surface area contributed by atoms with Crippen molar-refractivity contribution < 1.29 is 4.79 Å². The van der Waals surface area contributed by atoms with Crippen LogP contribution in [0.1, 0.15) is 28.8 Å². The first-order chi connectivity index (χ1) is 9.43. The number of nitrogens with zero attached hydrogens (tertiary/aromatic N) is 2. The molecule has 0 amide bonds. The summed E-state index contributed by atoms with van der Waals surface area (Å²) in [5, 5.41) is 0.847. The van der Waals surface area contributed by atoms with Gasteiger partial charge in [-0.05, 0) is 39.0 Å². The number of carbonyl (C=O) groups excluding carboxylic acids is 1. The molecule has 0 bridgehead atoms. The smallest absolute Gasteiger partial charge is 0.210 e. The van der Waals surface area contributed by atoms with Crippen molar-refractivity contribution in [2.45, 2.75) is 20.8 Å². The largest absolute Gasteiger partial charge is 0.300 e. The summed E-state index contributed by atoms with van der Waals surface area (Å²) in [6, 6.07) is 4.85. The van der Waals surface area contributed by atoms with Gasteiger partial charge in [-0.25, -0.2) is 4.98 Å². The lowest BCUT2D eigenvalue weighted by Crippen LogP contribution is -2.10. The highest BCUT2D eigenvalue weighted by Crippen LogP contribution is 2.25. The van der Waals surface area contributed by atoms with Crippen LogP contribution in [0.15, 0.2) is 30.5 Å². The number of Topliss-reactive ketones (excluding diaryl/α,β-unsaturated/α-hetero) is 1. The maximum absolute atomic E-state index is 12.6. The summed E-state index contributed by atoms with van der Waals surface area (Å²) in [5.74, 6) is 0.601. The molecule has 1 aromatic heterocycles. The number of hydrogen-bond acceptors (Lipinski definition) is 2. The van der Waals surface area contributed by atoms with E-state index in [1.165, 1.54) is 0 Å². The number of benzene rings is 1. The minimum atomic E-state index is -0.158. The van der Waals surface area contributed by atoms with Crippen LogP contribution in [0.25, 0.3) is 5.70 Å². The van der Waals surface area contributed by atoms with E-state index in [0.29, 0.717) is 21.3 Å². The third-order valence-electron chi connectivity index (χ3n) is 2.94. The molecule has 3 nitrogen and oxygen atoms in total. The number of aromatic nitrogens is 2. The van der Waals surface area contributed by atoms with Gasteiger partial charge >= 0.3 is 0 Å². The topological polar surface area (TPSA) is 34.9 Å². The van der Waals surface area contributed by atoms with Gasteiger partial charge in [-0.15, -0.1) is 0 Å². The monoisotopic (exact) mass is 308 g/mol. The number of allylic oxidation sites excluding steroid dienone is 2. The molecule has 2 aromatic rings. The van der Waals surface area contributed by atoms with Gasteiger partial charge < -0.3 is 4.57 Å². The molecular formula is C15H14Cl2N2O. The van der Waals surface area contributed by atoms with Gasteiger partial charge in [-0.2, -0.15) is 0 Å². The van der Waals surface area contributed by atoms with E-state index in [-0.39, 0.29) is 5.78 Å². The highest BCUT2D eigenvalue weighted by molar-refractivity contribution is 6.39. The lowest BCUT2D eigenvalue weighted by atomic mass is 10.1. The lowest BCUT2D eigenvalue weighted by molar-refractivity contribution is 0.105. The summed E-state index contributed by atoms with van der Waals surface area (Å²) in [7, 11) is 0. The van der Waals surface area contributed by atoms with E-state index in [2.05, 4.69) is 4.98 Å². The summed E-state index contributed by atoms with van der Waals surface area (Å²) in [5.41, 5.74) is 1.80. The molecule has 1 heterocycles. The Bertz CT molecular complexity index is 702. The molecule has 0 atom stereocenters. The van der Waals surface area contributed by atoms with Crippen LogP contribution >= 0.6 is 23.2 Å². The molecule has 0 unspecified atom stereocenters. The van der Waals surface area contributed by atoms with Crippen LogP contribution in [0.3, 0.4) is 0 Å². The van der Waals surface area contributed by atoms with Crippen LogP contribution < -0.4 is 0 Å². The summed E-state index contributed by atoms with van der Waals surface area (Å²) in [6.07, 6.45) is 3.58. The molecule has 1 aromatic carbocycles. The van der Waals surface area contributed by atoms with Crippen molar-refractivity contribution in [3.05, 3.63) is 57.6 Å². The molecule has 0 spiro atoms. The molecule has 0 aliphatic rings. The van der Waals surface area contributed by atoms with Crippen molar-refractivity contribution in [1.82, 2.24) is 9.55 Å². The van der Waals surface area contributed by atoms with Gasteiger partial charge in [-0.3, -0.25) is 4.79 Å². The van der Waals surface area contributed by atoms with E-state index in [9.17, 15) is 4.79 Å². The van der Waals surface area contributed by atoms with Crippen molar-refractivity contribution >= 4 is 34.7 Å². The molecular weight excluding hydrogens is 295 g/mol. The first-order valence-corrected chi connectivity index (χ1v) is 6.88. The Kier molecular flexibility index (Phi) is 4.31. The zero-order valence-electron chi connectivity index (χ0n) is 11.4. The van der Waals surface area contributed by atoms with E-state index in [1.807, 2.05) is 27.0 Å². The first-order valence-electron chi connectivity index (χ1n) is 6.13. The second-order valence-corrected chi connectivity index (χ2v) is 5.27. The molecule has 2 rings (SSSR count). The number of imidazole rings is 1. The third kappa shape index (κ3) is 2.79. The Hall–Kier alpha value is -1.58. The van der Waals surface area contributed by atoms with E-state index >= 15 is 0 Å². The normalized spacial score (nSPS) is 11.8. The highest BCUT2D eigenvalue weighted by Gasteiger charge is 2.18. The number of carbonyl (C=O) groups is 1. The Morgan fingerprint density at radius 1 is 1.30 bits per heavy atom. The Balaban J connectivity index is 2.48. The Morgan fingerprint density at radius 3 is 2.50 bits per heavy atom. The van der Waals surface area contributed by atoms with Gasteiger partial charge in [0, 0.05) is 16.8 Å². The Labute approximate surface area is 127 Å². The number of ketones is 1. The van der Waals surface area contributed by atoms with Crippen LogP contribution in [-0.4, -0.2) is 15.3 Å². The summed E-state index contributed by atoms with van der Waals surface area (Å²) in [4.78, 5) is 16.9. The van der Waals surface area contributed by atoms with Crippen LogP contribution in [-0.2, 0) is 0 Å². The number of rotatable bonds is 3. The van der Waals surface area contributed by atoms with Crippen LogP contribution in [0, 0.1) is 13.8 Å². The zero-order valence-corrected chi connectivity index (χ0v) is 13.0. The average molecular weight is 309 g/mol. The van der Waals surface area contributed by atoms with E-state index in [0.717, 1.165) is 11.5 Å². The van der Waals surface area contributed by atoms with Crippen LogP contribution in [0.4, 0.5) is 0 Å². The summed E-state index contributed by atoms with van der Waals surface area (Å²) in [6.45, 7) is 5.55. The minimum absolute atomic E-state index is 0.158. The van der Waals surface area contributed by atoms with Crippen LogP contribution in [0.2, 0.25) is 10.0 Å². The molecule has 0 aliphatic carbocycles. The van der Waals surface area contributed by atoms with Crippen molar-refractivity contribution in [3.63, 3.8) is 0 Å². The maximum Gasteiger partial charge on any atom is 0.210 e. The predicted octanol–water partition coefficient (Wildman–Crippen LogP) is 4.55. The molecule has 20 heavy (non-hydrogen) atoms. The van der Waals surface area contributed by atoms with Gasteiger partial charge in [0.2, 0.25) is 5.78 Å². The maximum atomic E-state index is 12.6. The predicted molar refractivity (Wildman–Crippen MR) is 82.4 cm³/mol. The van der Waals surface area contributed by atoms with E-state index in [4.69, 9.17) is 23.2 Å². The quantitative estimate of drug-likeness (QED) is 0.616. The standard InChI is InChI=1S/C15H14Cl2N2O/c1-4-14(19-8-9(2)18-10(19)3)15(20)12-6-5-11(16)7-13(12)17/h4-8H,1-3H3. The van der Waals surface area contributed by atoms with Gasteiger partial charge in [0.05, 0.1) is 16.4 Å². The lowest BCUT2D eigenvalue weighted by Gasteiger charge is -2.10. The van der Waals surface area contributed by atoms with Crippen molar-refractivity contribution in [1.29, 1.82) is 0 Å². The highest BCUT2D eigenvalue weighted by atomic mass is 35.5. The van der Waals surface area contributed by atoms with Crippen LogP contribution in [0.5, 0.6) is 0 Å². The van der Waals surface area contributed by atoms with Crippen molar-refractivity contribution in [2.75, 3.05) is 0 Å². The van der Waals surface area contributed by atoms with E-state index < -0.39 is 0 Å². The van der Waals surface area contributed by atoms with Gasteiger partial charge in [0.1, 0.15) is 5.82 Å².